The van der Waals surface area contributed by atoms with Crippen LogP contribution in [0.25, 0.3) is 6.08 Å². The van der Waals surface area contributed by atoms with Crippen LogP contribution in [0.5, 0.6) is 0 Å². The molecule has 0 fully saturated rings. The van der Waals surface area contributed by atoms with Gasteiger partial charge in [-0.05, 0) is 37.6 Å². The standard InChI is InChI=1S/C19H19NO3/c1-14-6-9-17(10-7-14)20-18(21)13-23-19(22)11-8-16-5-3-4-15(2)12-16/h3-12H,13H2,1-2H3,(H,20,21). The fourth-order valence-corrected chi connectivity index (χ4v) is 1.96. The van der Waals surface area contributed by atoms with E-state index in [4.69, 9.17) is 4.74 Å². The zero-order chi connectivity index (χ0) is 16.7. The highest BCUT2D eigenvalue weighted by Gasteiger charge is 2.05. The summed E-state index contributed by atoms with van der Waals surface area (Å²) < 4.78 is 4.91. The number of carbonyl (C=O) groups is 2. The molecule has 0 aliphatic rings. The van der Waals surface area contributed by atoms with E-state index in [1.165, 1.54) is 6.08 Å². The molecule has 1 amide bonds. The second-order valence-electron chi connectivity index (χ2n) is 5.27. The number of aryl methyl sites for hydroxylation is 2. The van der Waals surface area contributed by atoms with Gasteiger partial charge in [0.25, 0.3) is 5.91 Å². The lowest BCUT2D eigenvalue weighted by atomic mass is 10.1. The zero-order valence-electron chi connectivity index (χ0n) is 13.2. The molecular formula is C19H19NO3. The maximum Gasteiger partial charge on any atom is 0.331 e. The van der Waals surface area contributed by atoms with E-state index in [-0.39, 0.29) is 12.5 Å². The quantitative estimate of drug-likeness (QED) is 0.679. The smallest absolute Gasteiger partial charge is 0.331 e. The summed E-state index contributed by atoms with van der Waals surface area (Å²) in [7, 11) is 0. The molecule has 4 nitrogen and oxygen atoms in total. The highest BCUT2D eigenvalue weighted by molar-refractivity contribution is 5.94. The molecule has 0 saturated carbocycles. The summed E-state index contributed by atoms with van der Waals surface area (Å²) in [4.78, 5) is 23.3. The number of nitrogens with one attached hydrogen (secondary N) is 1. The van der Waals surface area contributed by atoms with Gasteiger partial charge in [0.05, 0.1) is 0 Å². The number of hydrogen-bond acceptors (Lipinski definition) is 3. The maximum atomic E-state index is 11.7. The highest BCUT2D eigenvalue weighted by atomic mass is 16.5. The van der Waals surface area contributed by atoms with E-state index >= 15 is 0 Å². The molecule has 4 heteroatoms. The number of esters is 1. The lowest BCUT2D eigenvalue weighted by Crippen LogP contribution is -2.20. The van der Waals surface area contributed by atoms with E-state index in [9.17, 15) is 9.59 Å². The molecule has 1 N–H and O–H groups in total. The van der Waals surface area contributed by atoms with Gasteiger partial charge in [-0.3, -0.25) is 4.79 Å². The largest absolute Gasteiger partial charge is 0.452 e. The average molecular weight is 309 g/mol. The van der Waals surface area contributed by atoms with Crippen LogP contribution in [-0.4, -0.2) is 18.5 Å². The zero-order valence-corrected chi connectivity index (χ0v) is 13.2. The Hall–Kier alpha value is -2.88. The minimum absolute atomic E-state index is 0.315. The third kappa shape index (κ3) is 5.79. The van der Waals surface area contributed by atoms with Gasteiger partial charge in [0, 0.05) is 11.8 Å². The Kier molecular flexibility index (Phi) is 5.69. The van der Waals surface area contributed by atoms with Gasteiger partial charge in [-0.2, -0.15) is 0 Å². The van der Waals surface area contributed by atoms with Crippen LogP contribution in [0, 0.1) is 13.8 Å². The number of ether oxygens (including phenoxy) is 1. The second kappa shape index (κ2) is 7.94. The highest BCUT2D eigenvalue weighted by Crippen LogP contribution is 2.08. The van der Waals surface area contributed by atoms with Crippen molar-refractivity contribution in [3.8, 4) is 0 Å². The minimum Gasteiger partial charge on any atom is -0.452 e. The molecule has 0 aliphatic heterocycles. The Balaban J connectivity index is 1.79. The molecule has 2 aromatic carbocycles. The predicted molar refractivity (Wildman–Crippen MR) is 91.0 cm³/mol. The van der Waals surface area contributed by atoms with E-state index < -0.39 is 5.97 Å². The Morgan fingerprint density at radius 1 is 1.04 bits per heavy atom. The molecule has 0 radical (unpaired) electrons. The number of hydrogen-bond donors (Lipinski definition) is 1. The van der Waals surface area contributed by atoms with Gasteiger partial charge >= 0.3 is 5.97 Å². The molecule has 0 spiro atoms. The van der Waals surface area contributed by atoms with Crippen LogP contribution in [0.3, 0.4) is 0 Å². The summed E-state index contributed by atoms with van der Waals surface area (Å²) in [5, 5.41) is 2.67. The SMILES string of the molecule is Cc1ccc(NC(=O)COC(=O)C=Cc2cccc(C)c2)cc1. The maximum absolute atomic E-state index is 11.7. The molecular weight excluding hydrogens is 290 g/mol. The van der Waals surface area contributed by atoms with Crippen LogP contribution >= 0.6 is 0 Å². The summed E-state index contributed by atoms with van der Waals surface area (Å²) in [5.74, 6) is -0.920. The van der Waals surface area contributed by atoms with Gasteiger partial charge < -0.3 is 10.1 Å². The van der Waals surface area contributed by atoms with E-state index in [1.807, 2.05) is 50.2 Å². The van der Waals surface area contributed by atoms with Crippen LogP contribution in [-0.2, 0) is 14.3 Å². The average Bonchev–Trinajstić information content (AvgIpc) is 2.53. The molecule has 0 bridgehead atoms. The summed E-state index contributed by atoms with van der Waals surface area (Å²) in [6, 6.07) is 15.1. The first-order valence-corrected chi connectivity index (χ1v) is 7.31. The summed E-state index contributed by atoms with van der Waals surface area (Å²) >= 11 is 0. The van der Waals surface area contributed by atoms with Crippen molar-refractivity contribution in [3.05, 3.63) is 71.3 Å². The number of benzene rings is 2. The van der Waals surface area contributed by atoms with Gasteiger partial charge in [0.2, 0.25) is 0 Å². The summed E-state index contributed by atoms with van der Waals surface area (Å²) in [6.45, 7) is 3.63. The van der Waals surface area contributed by atoms with Crippen molar-refractivity contribution in [2.75, 3.05) is 11.9 Å². The van der Waals surface area contributed by atoms with Crippen molar-refractivity contribution in [2.45, 2.75) is 13.8 Å². The summed E-state index contributed by atoms with van der Waals surface area (Å²) in [6.07, 6.45) is 2.97. The Morgan fingerprint density at radius 2 is 1.78 bits per heavy atom. The molecule has 23 heavy (non-hydrogen) atoms. The molecule has 0 unspecified atom stereocenters. The Bertz CT molecular complexity index is 718. The van der Waals surface area contributed by atoms with E-state index in [1.54, 1.807) is 18.2 Å². The molecule has 2 rings (SSSR count). The Morgan fingerprint density at radius 3 is 2.48 bits per heavy atom. The van der Waals surface area contributed by atoms with Crippen molar-refractivity contribution in [1.29, 1.82) is 0 Å². The third-order valence-electron chi connectivity index (χ3n) is 3.13. The molecule has 118 valence electrons. The van der Waals surface area contributed by atoms with Gasteiger partial charge in [0.1, 0.15) is 0 Å². The van der Waals surface area contributed by atoms with Crippen LogP contribution in [0.1, 0.15) is 16.7 Å². The fraction of sp³-hybridized carbons (Fsp3) is 0.158. The van der Waals surface area contributed by atoms with Crippen molar-refractivity contribution in [3.63, 3.8) is 0 Å². The van der Waals surface area contributed by atoms with Crippen molar-refractivity contribution in [2.24, 2.45) is 0 Å². The molecule has 0 saturated heterocycles. The van der Waals surface area contributed by atoms with Crippen LogP contribution in [0.4, 0.5) is 5.69 Å². The van der Waals surface area contributed by atoms with Crippen LogP contribution < -0.4 is 5.32 Å². The first kappa shape index (κ1) is 16.5. The van der Waals surface area contributed by atoms with E-state index in [2.05, 4.69) is 5.32 Å². The Labute approximate surface area is 135 Å². The normalized spacial score (nSPS) is 10.5. The molecule has 0 atom stereocenters. The molecule has 2 aromatic rings. The summed E-state index contributed by atoms with van der Waals surface area (Å²) in [5.41, 5.74) is 3.80. The first-order chi connectivity index (χ1) is 11.0. The number of carbonyl (C=O) groups excluding carboxylic acids is 2. The van der Waals surface area contributed by atoms with Crippen molar-refractivity contribution >= 4 is 23.6 Å². The van der Waals surface area contributed by atoms with Gasteiger partial charge in [-0.1, -0.05) is 47.5 Å². The first-order valence-electron chi connectivity index (χ1n) is 7.31. The second-order valence-corrected chi connectivity index (χ2v) is 5.27. The molecule has 0 aliphatic carbocycles. The topological polar surface area (TPSA) is 55.4 Å². The van der Waals surface area contributed by atoms with E-state index in [0.29, 0.717) is 5.69 Å². The molecule has 0 aromatic heterocycles. The fourth-order valence-electron chi connectivity index (χ4n) is 1.96. The molecule has 0 heterocycles. The van der Waals surface area contributed by atoms with Gasteiger partial charge in [-0.25, -0.2) is 4.79 Å². The van der Waals surface area contributed by atoms with Crippen molar-refractivity contribution < 1.29 is 14.3 Å². The predicted octanol–water partition coefficient (Wildman–Crippen LogP) is 3.50. The number of amides is 1. The monoisotopic (exact) mass is 309 g/mol. The van der Waals surface area contributed by atoms with Crippen LogP contribution in [0.15, 0.2) is 54.6 Å². The van der Waals surface area contributed by atoms with Crippen LogP contribution in [0.2, 0.25) is 0 Å². The lowest BCUT2D eigenvalue weighted by molar-refractivity contribution is -0.142. The lowest BCUT2D eigenvalue weighted by Gasteiger charge is -2.05. The number of anilines is 1. The van der Waals surface area contributed by atoms with E-state index in [0.717, 1.165) is 16.7 Å². The number of rotatable bonds is 5. The van der Waals surface area contributed by atoms with Gasteiger partial charge in [-0.15, -0.1) is 0 Å². The minimum atomic E-state index is -0.550. The van der Waals surface area contributed by atoms with Gasteiger partial charge in [0.15, 0.2) is 6.61 Å². The van der Waals surface area contributed by atoms with Crippen molar-refractivity contribution in [1.82, 2.24) is 0 Å². The third-order valence-corrected chi connectivity index (χ3v) is 3.13.